The Kier molecular flexibility index (Phi) is 8.57. The predicted octanol–water partition coefficient (Wildman–Crippen LogP) is 4.40. The second kappa shape index (κ2) is 12.5. The number of nitrogens with zero attached hydrogens (tertiary/aromatic N) is 3. The number of nitrogens with two attached hydrogens (primary N) is 1. The molecule has 218 valence electrons. The average Bonchev–Trinajstić information content (AvgIpc) is 3.91. The van der Waals surface area contributed by atoms with E-state index in [2.05, 4.69) is 26.8 Å². The van der Waals surface area contributed by atoms with E-state index in [1.54, 1.807) is 25.4 Å². The van der Waals surface area contributed by atoms with Crippen molar-refractivity contribution < 1.29 is 28.3 Å². The summed E-state index contributed by atoms with van der Waals surface area (Å²) in [6.07, 6.45) is 10.8. The zero-order valence-electron chi connectivity index (χ0n) is 24.0. The fraction of sp³-hybridized carbons (Fsp3) is 0.375. The highest BCUT2D eigenvalue weighted by atomic mass is 19.1. The van der Waals surface area contributed by atoms with E-state index in [0.29, 0.717) is 47.7 Å². The van der Waals surface area contributed by atoms with Gasteiger partial charge in [-0.3, -0.25) is 9.78 Å². The lowest BCUT2D eigenvalue weighted by atomic mass is 9.95. The SMILES string of the molecule is CCOc1c(C)cc(C(CNC(=O)c2cc3c(c(OC)c2)[N+](C2CC2)=C3)C2CC2)nc1-c1ccncc1F.NC#CO. The van der Waals surface area contributed by atoms with Crippen molar-refractivity contribution in [1.29, 1.82) is 0 Å². The third-order valence-corrected chi connectivity index (χ3v) is 7.68. The third-order valence-electron chi connectivity index (χ3n) is 7.68. The molecule has 3 aliphatic rings. The molecular formula is C32H35FN5O4+. The minimum Gasteiger partial charge on any atom is -0.491 e. The summed E-state index contributed by atoms with van der Waals surface area (Å²) in [4.78, 5) is 22.0. The first-order chi connectivity index (χ1) is 20.4. The number of aliphatic hydroxyl groups excluding tert-OH is 1. The van der Waals surface area contributed by atoms with Crippen molar-refractivity contribution in [2.45, 2.75) is 51.5 Å². The lowest BCUT2D eigenvalue weighted by Crippen LogP contribution is -2.30. The molecule has 1 atom stereocenters. The van der Waals surface area contributed by atoms with E-state index in [4.69, 9.17) is 19.6 Å². The molecule has 10 heteroatoms. The zero-order chi connectivity index (χ0) is 29.8. The molecule has 1 amide bonds. The number of carbonyl (C=O) groups is 1. The summed E-state index contributed by atoms with van der Waals surface area (Å²) in [7, 11) is 1.65. The lowest BCUT2D eigenvalue weighted by molar-refractivity contribution is -0.462. The Labute approximate surface area is 244 Å². The standard InChI is InChI=1S/C30H31FN4O3.C2H3NO/c1-4-38-29-17(2)11-25(34-27(29)22-9-10-32-15-24(22)31)23(18-5-6-18)14-33-30(36)19-12-20-16-35(21-7-8-21)28(20)26(13-19)37-3;3-1-2-4/h9-13,15-16,18,21,23H,4-8,14H2,1-3H3;4H,3H2/p+1. The number of aromatic nitrogens is 2. The maximum atomic E-state index is 14.7. The van der Waals surface area contributed by atoms with Gasteiger partial charge >= 0.3 is 0 Å². The molecule has 0 radical (unpaired) electrons. The van der Waals surface area contributed by atoms with Crippen LogP contribution in [0.3, 0.4) is 0 Å². The fourth-order valence-corrected chi connectivity index (χ4v) is 5.35. The number of benzene rings is 1. The first-order valence-electron chi connectivity index (χ1n) is 14.1. The molecule has 1 aromatic carbocycles. The highest BCUT2D eigenvalue weighted by Gasteiger charge is 2.43. The molecule has 0 spiro atoms. The van der Waals surface area contributed by atoms with Gasteiger partial charge in [0.05, 0.1) is 19.9 Å². The summed E-state index contributed by atoms with van der Waals surface area (Å²) in [5.41, 5.74) is 9.67. The Hall–Kier alpha value is -4.65. The number of rotatable bonds is 10. The van der Waals surface area contributed by atoms with Crippen LogP contribution in [-0.2, 0) is 0 Å². The van der Waals surface area contributed by atoms with Gasteiger partial charge < -0.3 is 25.6 Å². The number of ether oxygens (including phenoxy) is 2. The van der Waals surface area contributed by atoms with Crippen LogP contribution >= 0.6 is 0 Å². The summed E-state index contributed by atoms with van der Waals surface area (Å²) >= 11 is 0. The van der Waals surface area contributed by atoms with Crippen LogP contribution in [0.25, 0.3) is 11.3 Å². The van der Waals surface area contributed by atoms with Crippen molar-refractivity contribution >= 4 is 17.8 Å². The molecule has 3 aromatic rings. The van der Waals surface area contributed by atoms with E-state index in [0.717, 1.165) is 41.1 Å². The monoisotopic (exact) mass is 572 g/mol. The van der Waals surface area contributed by atoms with Crippen LogP contribution in [0.2, 0.25) is 0 Å². The van der Waals surface area contributed by atoms with Gasteiger partial charge in [-0.1, -0.05) is 0 Å². The number of hydrogen-bond acceptors (Lipinski definition) is 7. The van der Waals surface area contributed by atoms with Crippen LogP contribution in [0.1, 0.15) is 65.7 Å². The Morgan fingerprint density at radius 2 is 2.05 bits per heavy atom. The van der Waals surface area contributed by atoms with Crippen LogP contribution in [0, 0.1) is 30.8 Å². The highest BCUT2D eigenvalue weighted by Crippen LogP contribution is 2.45. The highest BCUT2D eigenvalue weighted by molar-refractivity contribution is 6.00. The number of aryl methyl sites for hydroxylation is 1. The average molecular weight is 573 g/mol. The van der Waals surface area contributed by atoms with Crippen molar-refractivity contribution in [3.05, 3.63) is 64.9 Å². The van der Waals surface area contributed by atoms with Crippen LogP contribution in [-0.4, -0.2) is 58.1 Å². The van der Waals surface area contributed by atoms with Crippen molar-refractivity contribution in [2.24, 2.45) is 11.7 Å². The third kappa shape index (κ3) is 6.00. The van der Waals surface area contributed by atoms with E-state index >= 15 is 0 Å². The summed E-state index contributed by atoms with van der Waals surface area (Å²) in [5, 5.41) is 10.5. The van der Waals surface area contributed by atoms with Gasteiger partial charge in [0.1, 0.15) is 23.1 Å². The Bertz CT molecular complexity index is 1580. The molecule has 6 rings (SSSR count). The van der Waals surface area contributed by atoms with Crippen molar-refractivity contribution in [2.75, 3.05) is 20.3 Å². The van der Waals surface area contributed by atoms with E-state index in [9.17, 15) is 9.18 Å². The summed E-state index contributed by atoms with van der Waals surface area (Å²) < 4.78 is 28.5. The number of amides is 1. The minimum atomic E-state index is -0.444. The molecule has 0 saturated heterocycles. The van der Waals surface area contributed by atoms with E-state index in [1.807, 2.05) is 32.0 Å². The van der Waals surface area contributed by atoms with Crippen LogP contribution in [0.4, 0.5) is 10.1 Å². The van der Waals surface area contributed by atoms with Gasteiger partial charge in [-0.25, -0.2) is 9.37 Å². The van der Waals surface area contributed by atoms with E-state index in [-0.39, 0.29) is 11.8 Å². The van der Waals surface area contributed by atoms with Crippen LogP contribution in [0.5, 0.6) is 11.5 Å². The number of halogens is 1. The smallest absolute Gasteiger partial charge is 0.261 e. The molecular weight excluding hydrogens is 537 g/mol. The molecule has 0 bridgehead atoms. The van der Waals surface area contributed by atoms with Crippen molar-refractivity contribution in [1.82, 2.24) is 15.3 Å². The molecule has 2 aliphatic carbocycles. The molecule has 2 aromatic heterocycles. The van der Waals surface area contributed by atoms with Gasteiger partial charge in [-0.05, 0) is 62.4 Å². The Morgan fingerprint density at radius 3 is 2.67 bits per heavy atom. The van der Waals surface area contributed by atoms with E-state index in [1.165, 1.54) is 25.1 Å². The van der Waals surface area contributed by atoms with Crippen molar-refractivity contribution in [3.63, 3.8) is 0 Å². The molecule has 2 fully saturated rings. The Morgan fingerprint density at radius 1 is 1.29 bits per heavy atom. The minimum absolute atomic E-state index is 0.0161. The lowest BCUT2D eigenvalue weighted by Gasteiger charge is -2.21. The molecule has 9 nitrogen and oxygen atoms in total. The predicted molar refractivity (Wildman–Crippen MR) is 156 cm³/mol. The fourth-order valence-electron chi connectivity index (χ4n) is 5.35. The number of fused-ring (bicyclic) bond motifs is 1. The number of hydrogen-bond donors (Lipinski definition) is 3. The molecule has 1 unspecified atom stereocenters. The van der Waals surface area contributed by atoms with Crippen molar-refractivity contribution in [3.8, 4) is 34.9 Å². The molecule has 1 aliphatic heterocycles. The van der Waals surface area contributed by atoms with Gasteiger partial charge in [-0.15, -0.1) is 0 Å². The molecule has 2 saturated carbocycles. The molecule has 3 heterocycles. The summed E-state index contributed by atoms with van der Waals surface area (Å²) in [6.45, 7) is 4.75. The Balaban J connectivity index is 0.000000830. The second-order valence-electron chi connectivity index (χ2n) is 10.6. The van der Waals surface area contributed by atoms with Gasteiger partial charge in [0.15, 0.2) is 23.8 Å². The van der Waals surface area contributed by atoms with Gasteiger partial charge in [0.2, 0.25) is 0 Å². The van der Waals surface area contributed by atoms with Gasteiger partial charge in [0, 0.05) is 54.4 Å². The largest absolute Gasteiger partial charge is 0.491 e. The number of nitrogens with one attached hydrogen (secondary N) is 1. The first-order valence-corrected chi connectivity index (χ1v) is 14.1. The summed E-state index contributed by atoms with van der Waals surface area (Å²) in [6, 6.07) is 9.69. The van der Waals surface area contributed by atoms with Gasteiger partial charge in [-0.2, -0.15) is 4.58 Å². The van der Waals surface area contributed by atoms with Gasteiger partial charge in [0.25, 0.3) is 11.6 Å². The normalized spacial score (nSPS) is 15.4. The molecule has 4 N–H and O–H groups in total. The number of aliphatic hydroxyl groups is 1. The topological polar surface area (TPSA) is 123 Å². The zero-order valence-corrected chi connectivity index (χ0v) is 24.0. The molecule has 42 heavy (non-hydrogen) atoms. The number of carbonyl (C=O) groups excluding carboxylic acids is 1. The number of pyridine rings is 2. The maximum Gasteiger partial charge on any atom is 0.261 e. The second-order valence-corrected chi connectivity index (χ2v) is 10.6. The first kappa shape index (κ1) is 28.9. The number of methoxy groups -OCH3 is 1. The van der Waals surface area contributed by atoms with Crippen LogP contribution < -0.4 is 20.5 Å². The van der Waals surface area contributed by atoms with E-state index < -0.39 is 5.82 Å². The maximum absolute atomic E-state index is 14.7. The summed E-state index contributed by atoms with van der Waals surface area (Å²) in [5.74, 6) is 1.15. The quantitative estimate of drug-likeness (QED) is 0.187. The van der Waals surface area contributed by atoms with Crippen LogP contribution in [0.15, 0.2) is 36.7 Å².